The van der Waals surface area contributed by atoms with Gasteiger partial charge in [-0.05, 0) is 13.3 Å². The van der Waals surface area contributed by atoms with Gasteiger partial charge in [0, 0.05) is 13.1 Å². The Kier molecular flexibility index (Phi) is 6.04. The predicted octanol–water partition coefficient (Wildman–Crippen LogP) is 2.58. The summed E-state index contributed by atoms with van der Waals surface area (Å²) in [6.07, 6.45) is 4.58. The normalized spacial score (nSPS) is 13.8. The summed E-state index contributed by atoms with van der Waals surface area (Å²) >= 11 is 6.18. The number of guanidine groups is 1. The maximum Gasteiger partial charge on any atom is 0.245 e. The van der Waals surface area contributed by atoms with Gasteiger partial charge in [0.25, 0.3) is 0 Å². The van der Waals surface area contributed by atoms with Crippen molar-refractivity contribution in [2.24, 2.45) is 4.99 Å². The van der Waals surface area contributed by atoms with Crippen LogP contribution in [0.25, 0.3) is 0 Å². The Morgan fingerprint density at radius 3 is 2.67 bits per heavy atom. The van der Waals surface area contributed by atoms with E-state index in [2.05, 4.69) is 32.5 Å². The zero-order valence-electron chi connectivity index (χ0n) is 12.6. The highest BCUT2D eigenvalue weighted by Crippen LogP contribution is 2.32. The molecule has 1 fully saturated rings. The molecule has 1 aliphatic heterocycles. The van der Waals surface area contributed by atoms with Crippen LogP contribution in [0.4, 0.5) is 5.69 Å². The molecule has 0 atom stereocenters. The number of ether oxygens (including phenoxy) is 1. The standard InChI is InChI=1S/C14H22ClN5O/c1-3-4-5-6-9-21-13-11(12(15)18-10(2)19-13)20-14-16-7-8-17-14/h3-9H2,1-2H3,(H2,16,17,20). The second-order valence-electron chi connectivity index (χ2n) is 4.94. The topological polar surface area (TPSA) is 71.4 Å². The molecule has 0 aromatic carbocycles. The van der Waals surface area contributed by atoms with Gasteiger partial charge in [-0.15, -0.1) is 0 Å². The molecule has 2 N–H and O–H groups in total. The van der Waals surface area contributed by atoms with Crippen LogP contribution in [0.2, 0.25) is 5.15 Å². The van der Waals surface area contributed by atoms with Gasteiger partial charge in [0.15, 0.2) is 16.8 Å². The Labute approximate surface area is 130 Å². The van der Waals surface area contributed by atoms with E-state index in [4.69, 9.17) is 16.3 Å². The number of nitrogens with zero attached hydrogens (tertiary/aromatic N) is 3. The van der Waals surface area contributed by atoms with Crippen LogP contribution in [-0.2, 0) is 0 Å². The van der Waals surface area contributed by atoms with Gasteiger partial charge in [-0.1, -0.05) is 37.8 Å². The molecule has 1 aliphatic rings. The molecule has 6 nitrogen and oxygen atoms in total. The molecule has 0 aliphatic carbocycles. The van der Waals surface area contributed by atoms with Gasteiger partial charge in [-0.2, -0.15) is 4.98 Å². The Balaban J connectivity index is 2.08. The molecule has 2 rings (SSSR count). The van der Waals surface area contributed by atoms with E-state index >= 15 is 0 Å². The van der Waals surface area contributed by atoms with E-state index < -0.39 is 0 Å². The van der Waals surface area contributed by atoms with Crippen LogP contribution in [0.15, 0.2) is 4.99 Å². The molecule has 116 valence electrons. The maximum atomic E-state index is 6.18. The molecule has 1 saturated heterocycles. The van der Waals surface area contributed by atoms with Crippen molar-refractivity contribution in [2.75, 3.05) is 19.7 Å². The van der Waals surface area contributed by atoms with E-state index in [1.165, 1.54) is 12.8 Å². The van der Waals surface area contributed by atoms with Crippen molar-refractivity contribution in [2.45, 2.75) is 39.5 Å². The molecule has 0 bridgehead atoms. The van der Waals surface area contributed by atoms with Crippen molar-refractivity contribution < 1.29 is 4.74 Å². The first-order chi connectivity index (χ1) is 10.2. The lowest BCUT2D eigenvalue weighted by molar-refractivity contribution is 0.294. The third-order valence-electron chi connectivity index (χ3n) is 3.09. The minimum atomic E-state index is 0.314. The van der Waals surface area contributed by atoms with Gasteiger partial charge in [-0.25, -0.2) is 9.98 Å². The second-order valence-corrected chi connectivity index (χ2v) is 5.30. The molecular weight excluding hydrogens is 290 g/mol. The molecular formula is C14H22ClN5O. The Bertz CT molecular complexity index is 498. The number of aromatic nitrogens is 2. The SMILES string of the molecule is CCCCCCOc1nc(C)nc(Cl)c1N=C1NCCN1. The van der Waals surface area contributed by atoms with E-state index in [0.717, 1.165) is 25.9 Å². The van der Waals surface area contributed by atoms with Crippen LogP contribution < -0.4 is 15.4 Å². The lowest BCUT2D eigenvalue weighted by Crippen LogP contribution is -2.23. The number of hydrogen-bond donors (Lipinski definition) is 2. The Morgan fingerprint density at radius 1 is 1.19 bits per heavy atom. The second kappa shape index (κ2) is 8.02. The smallest absolute Gasteiger partial charge is 0.245 e. The molecule has 0 unspecified atom stereocenters. The van der Waals surface area contributed by atoms with Gasteiger partial charge in [0.2, 0.25) is 5.88 Å². The third kappa shape index (κ3) is 4.74. The van der Waals surface area contributed by atoms with Crippen molar-refractivity contribution in [3.8, 4) is 5.88 Å². The summed E-state index contributed by atoms with van der Waals surface area (Å²) in [4.78, 5) is 12.9. The fourth-order valence-corrected chi connectivity index (χ4v) is 2.26. The molecule has 2 heterocycles. The summed E-state index contributed by atoms with van der Waals surface area (Å²) in [6.45, 7) is 6.28. The van der Waals surface area contributed by atoms with Crippen LogP contribution in [0.5, 0.6) is 5.88 Å². The minimum Gasteiger partial charge on any atom is -0.476 e. The Morgan fingerprint density at radius 2 is 1.95 bits per heavy atom. The minimum absolute atomic E-state index is 0.314. The van der Waals surface area contributed by atoms with Gasteiger partial charge in [0.05, 0.1) is 6.61 Å². The largest absolute Gasteiger partial charge is 0.476 e. The highest BCUT2D eigenvalue weighted by molar-refractivity contribution is 6.32. The average Bonchev–Trinajstić information content (AvgIpc) is 2.95. The zero-order chi connectivity index (χ0) is 15.1. The van der Waals surface area contributed by atoms with Gasteiger partial charge in [-0.3, -0.25) is 0 Å². The number of hydrogen-bond acceptors (Lipinski definition) is 4. The summed E-state index contributed by atoms with van der Waals surface area (Å²) in [5, 5.41) is 6.57. The number of aliphatic imine (C=N–C) groups is 1. The van der Waals surface area contributed by atoms with Crippen LogP contribution in [0, 0.1) is 6.92 Å². The molecule has 0 saturated carbocycles. The first kappa shape index (κ1) is 15.8. The van der Waals surface area contributed by atoms with Gasteiger partial charge < -0.3 is 15.4 Å². The fourth-order valence-electron chi connectivity index (χ4n) is 2.02. The van der Waals surface area contributed by atoms with Crippen LogP contribution in [-0.4, -0.2) is 35.6 Å². The quantitative estimate of drug-likeness (QED) is 0.598. The summed E-state index contributed by atoms with van der Waals surface area (Å²) in [5.41, 5.74) is 0.481. The molecule has 1 aromatic heterocycles. The number of nitrogens with one attached hydrogen (secondary N) is 2. The van der Waals surface area contributed by atoms with Gasteiger partial charge >= 0.3 is 0 Å². The molecule has 0 radical (unpaired) electrons. The molecule has 7 heteroatoms. The molecule has 21 heavy (non-hydrogen) atoms. The third-order valence-corrected chi connectivity index (χ3v) is 3.35. The predicted molar refractivity (Wildman–Crippen MR) is 84.5 cm³/mol. The van der Waals surface area contributed by atoms with Crippen LogP contribution in [0.3, 0.4) is 0 Å². The summed E-state index contributed by atoms with van der Waals surface area (Å²) in [5.74, 6) is 1.71. The van der Waals surface area contributed by atoms with Crippen molar-refractivity contribution in [3.63, 3.8) is 0 Å². The monoisotopic (exact) mass is 311 g/mol. The summed E-state index contributed by atoms with van der Waals surface area (Å²) in [6, 6.07) is 0. The van der Waals surface area contributed by atoms with Gasteiger partial charge in [0.1, 0.15) is 5.82 Å². The van der Waals surface area contributed by atoms with E-state index in [-0.39, 0.29) is 0 Å². The van der Waals surface area contributed by atoms with Crippen molar-refractivity contribution in [1.82, 2.24) is 20.6 Å². The molecule has 1 aromatic rings. The molecule has 0 amide bonds. The van der Waals surface area contributed by atoms with Crippen molar-refractivity contribution >= 4 is 23.2 Å². The van der Waals surface area contributed by atoms with E-state index in [1.54, 1.807) is 6.92 Å². The number of aryl methyl sites for hydroxylation is 1. The number of halogens is 1. The first-order valence-electron chi connectivity index (χ1n) is 7.44. The summed E-state index contributed by atoms with van der Waals surface area (Å²) in [7, 11) is 0. The maximum absolute atomic E-state index is 6.18. The zero-order valence-corrected chi connectivity index (χ0v) is 13.3. The highest BCUT2D eigenvalue weighted by atomic mass is 35.5. The van der Waals surface area contributed by atoms with Crippen LogP contribution in [0.1, 0.15) is 38.4 Å². The van der Waals surface area contributed by atoms with E-state index in [1.807, 2.05) is 0 Å². The van der Waals surface area contributed by atoms with Crippen LogP contribution >= 0.6 is 11.6 Å². The Hall–Kier alpha value is -1.56. The molecule has 0 spiro atoms. The number of rotatable bonds is 7. The first-order valence-corrected chi connectivity index (χ1v) is 7.82. The highest BCUT2D eigenvalue weighted by Gasteiger charge is 2.15. The lowest BCUT2D eigenvalue weighted by Gasteiger charge is -2.10. The fraction of sp³-hybridized carbons (Fsp3) is 0.643. The average molecular weight is 312 g/mol. The summed E-state index contributed by atoms with van der Waals surface area (Å²) < 4.78 is 5.76. The number of unbranched alkanes of at least 4 members (excludes halogenated alkanes) is 3. The lowest BCUT2D eigenvalue weighted by atomic mass is 10.2. The van der Waals surface area contributed by atoms with Crippen molar-refractivity contribution in [3.05, 3.63) is 11.0 Å². The van der Waals surface area contributed by atoms with E-state index in [0.29, 0.717) is 35.1 Å². The van der Waals surface area contributed by atoms with E-state index in [9.17, 15) is 0 Å². The van der Waals surface area contributed by atoms with Crippen molar-refractivity contribution in [1.29, 1.82) is 0 Å².